The van der Waals surface area contributed by atoms with Crippen LogP contribution < -0.4 is 31.9 Å². The minimum Gasteiger partial charge on any atom is -0.370 e. The van der Waals surface area contributed by atoms with Gasteiger partial charge >= 0.3 is 0 Å². The molecule has 2 fully saturated rings. The van der Waals surface area contributed by atoms with Crippen molar-refractivity contribution in [2.75, 3.05) is 42.2 Å². The summed E-state index contributed by atoms with van der Waals surface area (Å²) in [5.74, 6) is -0.567. The van der Waals surface area contributed by atoms with Crippen LogP contribution in [0, 0.1) is 0 Å². The monoisotopic (exact) mass is 471 g/mol. The Morgan fingerprint density at radius 1 is 1.27 bits per heavy atom. The van der Waals surface area contributed by atoms with E-state index in [0.717, 1.165) is 12.1 Å². The highest BCUT2D eigenvalue weighted by atomic mass is 32.1. The maximum absolute atomic E-state index is 12.9. The molecule has 3 heterocycles. The van der Waals surface area contributed by atoms with E-state index in [9.17, 15) is 14.4 Å². The number of hydrogen-bond acceptors (Lipinski definition) is 8. The van der Waals surface area contributed by atoms with E-state index in [4.69, 9.17) is 5.73 Å². The molecule has 10 nitrogen and oxygen atoms in total. The Hall–Kier alpha value is -3.18. The molecule has 2 aliphatic heterocycles. The second-order valence-electron chi connectivity index (χ2n) is 8.38. The molecule has 11 heteroatoms. The third-order valence-corrected chi connectivity index (χ3v) is 7.16. The quantitative estimate of drug-likeness (QED) is 0.408. The van der Waals surface area contributed by atoms with Crippen LogP contribution in [0.4, 0.5) is 16.5 Å². The number of nitrogens with one attached hydrogen (secondary N) is 4. The van der Waals surface area contributed by atoms with Gasteiger partial charge in [-0.05, 0) is 38.4 Å². The van der Waals surface area contributed by atoms with Gasteiger partial charge in [0.25, 0.3) is 5.91 Å². The number of likely N-dealkylation sites (N-methyl/N-ethyl adjacent to an activating group) is 1. The molecule has 2 saturated heterocycles. The molecular formula is C22H29N7O3S. The standard InChI is InChI=1S/C22H29N7O3S/c1-24-22(20(23)32)8-10-29(11-9-22)17-5-3-2-4-15(17)27-19(31)16-13-33-21(28-16)26-14-6-7-18(30)25-12-14/h2-5,13-14,24H,6-12H2,1H3,(H2,23,32)(H,25,30)(H,26,28)(H,27,31)/t14-/m1/s1. The van der Waals surface area contributed by atoms with Crippen molar-refractivity contribution in [2.24, 2.45) is 5.73 Å². The average Bonchev–Trinajstić information content (AvgIpc) is 3.29. The predicted molar refractivity (Wildman–Crippen MR) is 129 cm³/mol. The Kier molecular flexibility index (Phi) is 6.80. The summed E-state index contributed by atoms with van der Waals surface area (Å²) in [6, 6.07) is 7.72. The van der Waals surface area contributed by atoms with Gasteiger partial charge in [-0.3, -0.25) is 14.4 Å². The fourth-order valence-corrected chi connectivity index (χ4v) is 5.03. The topological polar surface area (TPSA) is 141 Å². The Morgan fingerprint density at radius 3 is 2.70 bits per heavy atom. The fourth-order valence-electron chi connectivity index (χ4n) is 4.27. The Morgan fingerprint density at radius 2 is 2.03 bits per heavy atom. The van der Waals surface area contributed by atoms with Gasteiger partial charge in [0.1, 0.15) is 11.2 Å². The van der Waals surface area contributed by atoms with Gasteiger partial charge in [0.2, 0.25) is 11.8 Å². The summed E-state index contributed by atoms with van der Waals surface area (Å²) >= 11 is 1.36. The first-order chi connectivity index (χ1) is 15.9. The number of piperidine rings is 2. The molecule has 2 aromatic rings. The lowest BCUT2D eigenvalue weighted by atomic mass is 9.86. The fraction of sp³-hybridized carbons (Fsp3) is 0.455. The smallest absolute Gasteiger partial charge is 0.275 e. The van der Waals surface area contributed by atoms with Crippen molar-refractivity contribution in [3.63, 3.8) is 0 Å². The van der Waals surface area contributed by atoms with Gasteiger partial charge in [0, 0.05) is 37.5 Å². The molecule has 1 atom stereocenters. The first kappa shape index (κ1) is 23.0. The maximum Gasteiger partial charge on any atom is 0.275 e. The molecule has 3 amide bonds. The van der Waals surface area contributed by atoms with E-state index < -0.39 is 5.54 Å². The summed E-state index contributed by atoms with van der Waals surface area (Å²) in [6.45, 7) is 1.83. The van der Waals surface area contributed by atoms with Crippen LogP contribution in [0.5, 0.6) is 0 Å². The minimum atomic E-state index is -0.695. The van der Waals surface area contributed by atoms with Crippen LogP contribution in [0.2, 0.25) is 0 Å². The summed E-state index contributed by atoms with van der Waals surface area (Å²) in [5, 5.41) is 14.5. The van der Waals surface area contributed by atoms with Crippen molar-refractivity contribution >= 4 is 45.6 Å². The van der Waals surface area contributed by atoms with E-state index in [1.165, 1.54) is 11.3 Å². The Bertz CT molecular complexity index is 1020. The number of primary amides is 1. The number of aromatic nitrogens is 1. The predicted octanol–water partition coefficient (Wildman–Crippen LogP) is 1.13. The van der Waals surface area contributed by atoms with E-state index in [-0.39, 0.29) is 23.8 Å². The van der Waals surface area contributed by atoms with Crippen LogP contribution in [-0.4, -0.2) is 61.0 Å². The summed E-state index contributed by atoms with van der Waals surface area (Å²) in [7, 11) is 1.76. The van der Waals surface area contributed by atoms with Crippen molar-refractivity contribution in [2.45, 2.75) is 37.3 Å². The van der Waals surface area contributed by atoms with Gasteiger partial charge < -0.3 is 31.9 Å². The third kappa shape index (κ3) is 5.09. The van der Waals surface area contributed by atoms with Crippen LogP contribution in [0.3, 0.4) is 0 Å². The highest BCUT2D eigenvalue weighted by molar-refractivity contribution is 7.13. The lowest BCUT2D eigenvalue weighted by Crippen LogP contribution is -2.59. The van der Waals surface area contributed by atoms with Gasteiger partial charge in [-0.15, -0.1) is 11.3 Å². The molecule has 4 rings (SSSR count). The Balaban J connectivity index is 1.40. The number of anilines is 3. The zero-order valence-electron chi connectivity index (χ0n) is 18.5. The van der Waals surface area contributed by atoms with Crippen molar-refractivity contribution < 1.29 is 14.4 Å². The molecule has 0 unspecified atom stereocenters. The molecule has 176 valence electrons. The normalized spacial score (nSPS) is 20.1. The number of benzene rings is 1. The average molecular weight is 472 g/mol. The number of nitrogens with zero attached hydrogens (tertiary/aromatic N) is 2. The molecule has 0 saturated carbocycles. The van der Waals surface area contributed by atoms with Crippen LogP contribution in [0.15, 0.2) is 29.6 Å². The van der Waals surface area contributed by atoms with Crippen LogP contribution >= 0.6 is 11.3 Å². The zero-order chi connectivity index (χ0) is 23.4. The lowest BCUT2D eigenvalue weighted by molar-refractivity contribution is -0.125. The number of rotatable bonds is 7. The second-order valence-corrected chi connectivity index (χ2v) is 9.23. The van der Waals surface area contributed by atoms with Gasteiger partial charge in [-0.2, -0.15) is 0 Å². The number of thiazole rings is 1. The highest BCUT2D eigenvalue weighted by Gasteiger charge is 2.38. The van der Waals surface area contributed by atoms with Gasteiger partial charge in [-0.25, -0.2) is 4.98 Å². The second kappa shape index (κ2) is 9.75. The van der Waals surface area contributed by atoms with Gasteiger partial charge in [-0.1, -0.05) is 12.1 Å². The third-order valence-electron chi connectivity index (χ3n) is 6.39. The molecule has 1 aromatic heterocycles. The molecule has 1 aromatic carbocycles. The molecule has 0 radical (unpaired) electrons. The lowest BCUT2D eigenvalue weighted by Gasteiger charge is -2.41. The van der Waals surface area contributed by atoms with Crippen molar-refractivity contribution in [3.05, 3.63) is 35.3 Å². The number of amides is 3. The van der Waals surface area contributed by atoms with Crippen LogP contribution in [0.25, 0.3) is 0 Å². The number of para-hydroxylation sites is 2. The van der Waals surface area contributed by atoms with Crippen LogP contribution in [0.1, 0.15) is 36.2 Å². The molecule has 6 N–H and O–H groups in total. The summed E-state index contributed by atoms with van der Waals surface area (Å²) < 4.78 is 0. The molecule has 0 aliphatic carbocycles. The Labute approximate surface area is 196 Å². The van der Waals surface area contributed by atoms with Crippen molar-refractivity contribution in [1.29, 1.82) is 0 Å². The van der Waals surface area contributed by atoms with E-state index in [1.807, 2.05) is 24.3 Å². The molecule has 0 spiro atoms. The largest absolute Gasteiger partial charge is 0.370 e. The SMILES string of the molecule is CNC1(C(N)=O)CCN(c2ccccc2NC(=O)c2csc(N[C@@H]3CCC(=O)NC3)n2)CC1. The number of carbonyl (C=O) groups excluding carboxylic acids is 3. The van der Waals surface area contributed by atoms with E-state index in [2.05, 4.69) is 31.2 Å². The summed E-state index contributed by atoms with van der Waals surface area (Å²) in [5.41, 5.74) is 6.84. The molecule has 33 heavy (non-hydrogen) atoms. The van der Waals surface area contributed by atoms with Crippen molar-refractivity contribution in [3.8, 4) is 0 Å². The minimum absolute atomic E-state index is 0.0610. The zero-order valence-corrected chi connectivity index (χ0v) is 19.3. The first-order valence-corrected chi connectivity index (χ1v) is 11.9. The number of nitrogens with two attached hydrogens (primary N) is 1. The van der Waals surface area contributed by atoms with Crippen molar-refractivity contribution in [1.82, 2.24) is 15.6 Å². The van der Waals surface area contributed by atoms with Gasteiger partial charge in [0.05, 0.1) is 11.4 Å². The number of hydrogen-bond donors (Lipinski definition) is 5. The highest BCUT2D eigenvalue weighted by Crippen LogP contribution is 2.31. The van der Waals surface area contributed by atoms with E-state index in [1.54, 1.807) is 12.4 Å². The molecular weight excluding hydrogens is 442 g/mol. The summed E-state index contributed by atoms with van der Waals surface area (Å²) in [6.07, 6.45) is 2.40. The summed E-state index contributed by atoms with van der Waals surface area (Å²) in [4.78, 5) is 42.7. The number of carbonyl (C=O) groups is 3. The molecule has 0 bridgehead atoms. The molecule has 2 aliphatic rings. The van der Waals surface area contributed by atoms with E-state index in [0.29, 0.717) is 55.4 Å². The van der Waals surface area contributed by atoms with Crippen LogP contribution in [-0.2, 0) is 9.59 Å². The van der Waals surface area contributed by atoms with E-state index >= 15 is 0 Å². The van der Waals surface area contributed by atoms with Gasteiger partial charge in [0.15, 0.2) is 5.13 Å². The maximum atomic E-state index is 12.9. The first-order valence-electron chi connectivity index (χ1n) is 11.0.